The predicted molar refractivity (Wildman–Crippen MR) is 86.9 cm³/mol. The first-order chi connectivity index (χ1) is 10.8. The Kier molecular flexibility index (Phi) is 4.73. The molecule has 0 radical (unpaired) electrons. The average molecular weight is 300 g/mol. The Morgan fingerprint density at radius 2 is 2.32 bits per heavy atom. The molecule has 0 aliphatic carbocycles. The molecule has 0 spiro atoms. The summed E-state index contributed by atoms with van der Waals surface area (Å²) in [7, 11) is 0. The van der Waals surface area contributed by atoms with Crippen LogP contribution in [0.4, 0.5) is 5.82 Å². The van der Waals surface area contributed by atoms with Gasteiger partial charge in [0.2, 0.25) is 0 Å². The summed E-state index contributed by atoms with van der Waals surface area (Å²) >= 11 is 0. The number of anilines is 1. The highest BCUT2D eigenvalue weighted by molar-refractivity contribution is 5.37. The molecular formula is C17H24N4O. The summed E-state index contributed by atoms with van der Waals surface area (Å²) in [5, 5.41) is 11.9. The van der Waals surface area contributed by atoms with Crippen molar-refractivity contribution in [2.45, 2.75) is 45.2 Å². The molecule has 2 aromatic rings. The highest BCUT2D eigenvalue weighted by atomic mass is 16.3. The topological polar surface area (TPSA) is 54.2 Å². The van der Waals surface area contributed by atoms with Crippen LogP contribution in [0.15, 0.2) is 34.9 Å². The molecule has 1 N–H and O–H groups in total. The largest absolute Gasteiger partial charge is 0.464 e. The summed E-state index contributed by atoms with van der Waals surface area (Å²) < 4.78 is 5.85. The van der Waals surface area contributed by atoms with Crippen LogP contribution in [-0.2, 0) is 6.42 Å². The van der Waals surface area contributed by atoms with Crippen molar-refractivity contribution >= 4 is 5.82 Å². The molecule has 2 aromatic heterocycles. The van der Waals surface area contributed by atoms with Crippen molar-refractivity contribution in [3.63, 3.8) is 0 Å². The maximum atomic E-state index is 5.85. The van der Waals surface area contributed by atoms with Crippen LogP contribution in [0.5, 0.6) is 0 Å². The number of nitrogens with one attached hydrogen (secondary N) is 1. The van der Waals surface area contributed by atoms with Crippen LogP contribution in [0.3, 0.4) is 0 Å². The van der Waals surface area contributed by atoms with E-state index in [0.717, 1.165) is 36.8 Å². The Morgan fingerprint density at radius 3 is 3.05 bits per heavy atom. The minimum absolute atomic E-state index is 0.229. The molecule has 1 fully saturated rings. The van der Waals surface area contributed by atoms with Gasteiger partial charge in [0.05, 0.1) is 6.04 Å². The van der Waals surface area contributed by atoms with E-state index in [1.807, 2.05) is 12.1 Å². The first kappa shape index (κ1) is 15.0. The van der Waals surface area contributed by atoms with Gasteiger partial charge in [0.25, 0.3) is 0 Å². The second-order valence-electron chi connectivity index (χ2n) is 5.91. The molecule has 2 atom stereocenters. The lowest BCUT2D eigenvalue weighted by atomic mass is 10.0. The van der Waals surface area contributed by atoms with E-state index >= 15 is 0 Å². The summed E-state index contributed by atoms with van der Waals surface area (Å²) in [4.78, 5) is 2.31. The molecule has 5 nitrogen and oxygen atoms in total. The summed E-state index contributed by atoms with van der Waals surface area (Å²) in [5.74, 6) is 3.04. The van der Waals surface area contributed by atoms with Crippen molar-refractivity contribution in [3.8, 4) is 0 Å². The lowest BCUT2D eigenvalue weighted by Crippen LogP contribution is -2.46. The second kappa shape index (κ2) is 6.92. The molecule has 1 aliphatic rings. The van der Waals surface area contributed by atoms with Gasteiger partial charge in [-0.1, -0.05) is 6.92 Å². The highest BCUT2D eigenvalue weighted by Crippen LogP contribution is 2.21. The number of rotatable bonds is 5. The number of piperidine rings is 1. The van der Waals surface area contributed by atoms with Gasteiger partial charge in [-0.3, -0.25) is 0 Å². The molecule has 22 heavy (non-hydrogen) atoms. The van der Waals surface area contributed by atoms with Crippen LogP contribution in [0.2, 0.25) is 0 Å². The van der Waals surface area contributed by atoms with E-state index in [0.29, 0.717) is 6.04 Å². The fraction of sp³-hybridized carbons (Fsp3) is 0.529. The lowest BCUT2D eigenvalue weighted by Gasteiger charge is -2.34. The third-order valence-corrected chi connectivity index (χ3v) is 4.25. The van der Waals surface area contributed by atoms with Crippen molar-refractivity contribution in [1.29, 1.82) is 0 Å². The molecule has 1 aliphatic heterocycles. The molecule has 0 aromatic carbocycles. The summed E-state index contributed by atoms with van der Waals surface area (Å²) in [6, 6.07) is 8.80. The van der Waals surface area contributed by atoms with Gasteiger partial charge < -0.3 is 14.6 Å². The quantitative estimate of drug-likeness (QED) is 0.920. The van der Waals surface area contributed by atoms with Gasteiger partial charge in [-0.05, 0) is 44.0 Å². The molecule has 3 rings (SSSR count). The zero-order chi connectivity index (χ0) is 15.4. The van der Waals surface area contributed by atoms with E-state index < -0.39 is 0 Å². The first-order valence-electron chi connectivity index (χ1n) is 8.13. The Morgan fingerprint density at radius 1 is 1.41 bits per heavy atom. The van der Waals surface area contributed by atoms with E-state index in [2.05, 4.69) is 46.4 Å². The zero-order valence-corrected chi connectivity index (χ0v) is 13.3. The minimum Gasteiger partial charge on any atom is -0.464 e. The molecule has 1 saturated heterocycles. The summed E-state index contributed by atoms with van der Waals surface area (Å²) in [6.45, 7) is 6.29. The molecule has 0 amide bonds. The average Bonchev–Trinajstić information content (AvgIpc) is 3.05. The Bertz CT molecular complexity index is 583. The van der Waals surface area contributed by atoms with Gasteiger partial charge in [0.1, 0.15) is 11.5 Å². The third-order valence-electron chi connectivity index (χ3n) is 4.25. The van der Waals surface area contributed by atoms with Crippen LogP contribution in [0.1, 0.15) is 44.3 Å². The molecule has 5 heteroatoms. The van der Waals surface area contributed by atoms with Crippen LogP contribution < -0.4 is 10.2 Å². The maximum Gasteiger partial charge on any atom is 0.151 e. The zero-order valence-electron chi connectivity index (χ0n) is 13.3. The lowest BCUT2D eigenvalue weighted by molar-refractivity contribution is 0.345. The maximum absolute atomic E-state index is 5.85. The number of nitrogens with zero attached hydrogens (tertiary/aromatic N) is 3. The molecule has 0 unspecified atom stereocenters. The van der Waals surface area contributed by atoms with Gasteiger partial charge >= 0.3 is 0 Å². The number of hydrogen-bond acceptors (Lipinski definition) is 5. The number of aromatic nitrogens is 2. The first-order valence-corrected chi connectivity index (χ1v) is 8.13. The van der Waals surface area contributed by atoms with E-state index in [4.69, 9.17) is 4.42 Å². The molecular weight excluding hydrogens is 276 g/mol. The van der Waals surface area contributed by atoms with Crippen molar-refractivity contribution in [3.05, 3.63) is 42.0 Å². The van der Waals surface area contributed by atoms with Gasteiger partial charge in [-0.2, -0.15) is 5.10 Å². The molecule has 3 heterocycles. The van der Waals surface area contributed by atoms with Crippen LogP contribution in [-0.4, -0.2) is 29.3 Å². The Labute approximate surface area is 131 Å². The minimum atomic E-state index is 0.229. The van der Waals surface area contributed by atoms with Crippen LogP contribution in [0, 0.1) is 0 Å². The van der Waals surface area contributed by atoms with Crippen molar-refractivity contribution in [1.82, 2.24) is 15.5 Å². The van der Waals surface area contributed by atoms with E-state index in [1.165, 1.54) is 12.8 Å². The van der Waals surface area contributed by atoms with E-state index in [1.54, 1.807) is 6.20 Å². The smallest absolute Gasteiger partial charge is 0.151 e. The molecule has 118 valence electrons. The number of aryl methyl sites for hydroxylation is 1. The third kappa shape index (κ3) is 3.47. The van der Waals surface area contributed by atoms with Gasteiger partial charge in [0, 0.05) is 31.7 Å². The number of furan rings is 1. The molecule has 0 saturated carbocycles. The predicted octanol–water partition coefficient (Wildman–Crippen LogP) is 2.95. The SMILES string of the molecule is CCc1ccc([C@@H](C)N[C@H]2CCCN(c3cccnn3)C2)o1. The van der Waals surface area contributed by atoms with Gasteiger partial charge in [-0.15, -0.1) is 5.10 Å². The fourth-order valence-electron chi connectivity index (χ4n) is 3.04. The van der Waals surface area contributed by atoms with Crippen LogP contribution >= 0.6 is 0 Å². The van der Waals surface area contributed by atoms with Crippen LogP contribution in [0.25, 0.3) is 0 Å². The molecule has 0 bridgehead atoms. The Hall–Kier alpha value is -1.88. The second-order valence-corrected chi connectivity index (χ2v) is 5.91. The monoisotopic (exact) mass is 300 g/mol. The van der Waals surface area contributed by atoms with Crippen molar-refractivity contribution in [2.75, 3.05) is 18.0 Å². The van der Waals surface area contributed by atoms with Gasteiger partial charge in [0.15, 0.2) is 5.82 Å². The van der Waals surface area contributed by atoms with E-state index in [-0.39, 0.29) is 6.04 Å². The standard InChI is InChI=1S/C17H24N4O/c1-3-15-8-9-16(22-15)13(2)19-14-6-5-11-21(12-14)17-7-4-10-18-20-17/h4,7-10,13-14,19H,3,5-6,11-12H2,1-2H3/t13-,14+/m1/s1. The summed E-state index contributed by atoms with van der Waals surface area (Å²) in [6.07, 6.45) is 5.01. The number of hydrogen-bond donors (Lipinski definition) is 1. The summed E-state index contributed by atoms with van der Waals surface area (Å²) in [5.41, 5.74) is 0. The van der Waals surface area contributed by atoms with Crippen molar-refractivity contribution in [2.24, 2.45) is 0 Å². The fourth-order valence-corrected chi connectivity index (χ4v) is 3.04. The normalized spacial score (nSPS) is 20.1. The van der Waals surface area contributed by atoms with E-state index in [9.17, 15) is 0 Å². The van der Waals surface area contributed by atoms with Gasteiger partial charge in [-0.25, -0.2) is 0 Å². The highest BCUT2D eigenvalue weighted by Gasteiger charge is 2.23. The van der Waals surface area contributed by atoms with Crippen molar-refractivity contribution < 1.29 is 4.42 Å². The Balaban J connectivity index is 1.60.